The minimum absolute atomic E-state index is 0.296. The molecule has 8 nitrogen and oxygen atoms in total. The number of aromatic carboxylic acids is 1. The standard InChI is InChI=1S/C7H7N3O5/c1-4(11)3-9-5(7(12)13)2-6(8-9)10(14)15/h2H,3H2,1H3,(H,12,13). The van der Waals surface area contributed by atoms with Crippen LogP contribution in [0.5, 0.6) is 0 Å². The van der Waals surface area contributed by atoms with Crippen molar-refractivity contribution in [2.75, 3.05) is 0 Å². The molecule has 0 radical (unpaired) electrons. The predicted molar refractivity (Wildman–Crippen MR) is 46.5 cm³/mol. The first kappa shape index (κ1) is 10.8. The maximum absolute atomic E-state index is 10.7. The van der Waals surface area contributed by atoms with Crippen molar-refractivity contribution in [3.8, 4) is 0 Å². The molecule has 1 heterocycles. The summed E-state index contributed by atoms with van der Waals surface area (Å²) in [6.45, 7) is 0.939. The van der Waals surface area contributed by atoms with Crippen LogP contribution in [-0.2, 0) is 11.3 Å². The Balaban J connectivity index is 3.17. The first-order chi connectivity index (χ1) is 6.91. The molecule has 80 valence electrons. The van der Waals surface area contributed by atoms with Crippen molar-refractivity contribution in [1.29, 1.82) is 0 Å². The molecule has 0 saturated carbocycles. The second-order valence-corrected chi connectivity index (χ2v) is 2.81. The third-order valence-corrected chi connectivity index (χ3v) is 1.55. The summed E-state index contributed by atoms with van der Waals surface area (Å²) in [7, 11) is 0. The van der Waals surface area contributed by atoms with E-state index in [-0.39, 0.29) is 18.0 Å². The van der Waals surface area contributed by atoms with E-state index in [1.807, 2.05) is 0 Å². The molecule has 0 saturated heterocycles. The van der Waals surface area contributed by atoms with E-state index in [2.05, 4.69) is 5.10 Å². The van der Waals surface area contributed by atoms with E-state index in [4.69, 9.17) is 5.11 Å². The summed E-state index contributed by atoms with van der Waals surface area (Å²) in [4.78, 5) is 30.9. The lowest BCUT2D eigenvalue weighted by Crippen LogP contribution is -2.14. The fourth-order valence-corrected chi connectivity index (χ4v) is 0.996. The van der Waals surface area contributed by atoms with Crippen molar-refractivity contribution in [1.82, 2.24) is 9.78 Å². The van der Waals surface area contributed by atoms with Gasteiger partial charge in [-0.3, -0.25) is 4.79 Å². The van der Waals surface area contributed by atoms with E-state index >= 15 is 0 Å². The van der Waals surface area contributed by atoms with Crippen LogP contribution in [0.1, 0.15) is 17.4 Å². The zero-order valence-corrected chi connectivity index (χ0v) is 7.71. The summed E-state index contributed by atoms with van der Waals surface area (Å²) in [5.74, 6) is -2.29. The summed E-state index contributed by atoms with van der Waals surface area (Å²) >= 11 is 0. The van der Waals surface area contributed by atoms with Crippen molar-refractivity contribution >= 4 is 17.6 Å². The molecule has 0 unspecified atom stereocenters. The van der Waals surface area contributed by atoms with Crippen molar-refractivity contribution in [3.05, 3.63) is 21.9 Å². The minimum atomic E-state index is -1.36. The Morgan fingerprint density at radius 2 is 2.27 bits per heavy atom. The number of nitrogens with zero attached hydrogens (tertiary/aromatic N) is 3. The van der Waals surface area contributed by atoms with Gasteiger partial charge in [0, 0.05) is 0 Å². The van der Waals surface area contributed by atoms with E-state index in [1.165, 1.54) is 6.92 Å². The normalized spacial score (nSPS) is 9.93. The first-order valence-corrected chi connectivity index (χ1v) is 3.86. The summed E-state index contributed by atoms with van der Waals surface area (Å²) in [6, 6.07) is 0.811. The maximum Gasteiger partial charge on any atom is 0.390 e. The summed E-state index contributed by atoms with van der Waals surface area (Å²) in [6.07, 6.45) is 0. The lowest BCUT2D eigenvalue weighted by atomic mass is 10.4. The minimum Gasteiger partial charge on any atom is -0.476 e. The Morgan fingerprint density at radius 1 is 1.67 bits per heavy atom. The number of aromatic nitrogens is 2. The van der Waals surface area contributed by atoms with Crippen molar-refractivity contribution in [2.45, 2.75) is 13.5 Å². The van der Waals surface area contributed by atoms with Gasteiger partial charge in [0.2, 0.25) is 0 Å². The molecular weight excluding hydrogens is 206 g/mol. The smallest absolute Gasteiger partial charge is 0.390 e. The van der Waals surface area contributed by atoms with Crippen LogP contribution in [0.15, 0.2) is 6.07 Å². The third kappa shape index (κ3) is 2.36. The van der Waals surface area contributed by atoms with E-state index in [0.29, 0.717) is 0 Å². The predicted octanol–water partition coefficient (Wildman–Crippen LogP) is 0.0785. The van der Waals surface area contributed by atoms with Gasteiger partial charge in [-0.25, -0.2) is 4.79 Å². The summed E-state index contributed by atoms with van der Waals surface area (Å²) in [5, 5.41) is 22.4. The highest BCUT2D eigenvalue weighted by atomic mass is 16.6. The fraction of sp³-hybridized carbons (Fsp3) is 0.286. The molecule has 1 rings (SSSR count). The molecule has 1 aromatic rings. The number of carboxylic acid groups (broad SMARTS) is 1. The molecular formula is C7H7N3O5. The van der Waals surface area contributed by atoms with E-state index in [1.54, 1.807) is 0 Å². The lowest BCUT2D eigenvalue weighted by molar-refractivity contribution is -0.389. The summed E-state index contributed by atoms with van der Waals surface area (Å²) in [5.41, 5.74) is -0.378. The molecule has 15 heavy (non-hydrogen) atoms. The Bertz CT molecular complexity index is 436. The molecule has 0 aliphatic carbocycles. The van der Waals surface area contributed by atoms with Crippen molar-refractivity contribution in [2.24, 2.45) is 0 Å². The summed E-state index contributed by atoms with van der Waals surface area (Å²) < 4.78 is 0.794. The highest BCUT2D eigenvalue weighted by molar-refractivity contribution is 5.87. The van der Waals surface area contributed by atoms with Crippen LogP contribution in [0, 0.1) is 10.1 Å². The molecule has 1 N–H and O–H groups in total. The Hall–Kier alpha value is -2.25. The van der Waals surface area contributed by atoms with Crippen LogP contribution in [0.3, 0.4) is 0 Å². The number of hydrogen-bond donors (Lipinski definition) is 1. The average Bonchev–Trinajstić information content (AvgIpc) is 2.46. The number of Topliss-reactive ketones (excluding diaryl/α,β-unsaturated/α-hetero) is 1. The van der Waals surface area contributed by atoms with Gasteiger partial charge in [0.1, 0.15) is 6.54 Å². The van der Waals surface area contributed by atoms with E-state index < -0.39 is 16.7 Å². The van der Waals surface area contributed by atoms with E-state index in [0.717, 1.165) is 10.7 Å². The van der Waals surface area contributed by atoms with Crippen LogP contribution in [0.4, 0.5) is 5.82 Å². The Kier molecular flexibility index (Phi) is 2.79. The SMILES string of the molecule is CC(=O)Cn1nc([N+](=O)[O-])cc1C(=O)O. The van der Waals surface area contributed by atoms with Gasteiger partial charge in [0.05, 0.1) is 11.2 Å². The number of carboxylic acids is 1. The number of carbonyl (C=O) groups is 2. The fourth-order valence-electron chi connectivity index (χ4n) is 0.996. The van der Waals surface area contributed by atoms with Gasteiger partial charge in [0.15, 0.2) is 11.5 Å². The number of ketones is 1. The molecule has 0 aliphatic heterocycles. The molecule has 0 aromatic carbocycles. The van der Waals surface area contributed by atoms with Crippen LogP contribution in [0.25, 0.3) is 0 Å². The van der Waals surface area contributed by atoms with Gasteiger partial charge >= 0.3 is 11.8 Å². The molecule has 0 aliphatic rings. The van der Waals surface area contributed by atoms with Gasteiger partial charge in [-0.05, 0) is 11.8 Å². The number of carbonyl (C=O) groups excluding carboxylic acids is 1. The van der Waals surface area contributed by atoms with Gasteiger partial charge in [-0.2, -0.15) is 4.68 Å². The Morgan fingerprint density at radius 3 is 2.67 bits per heavy atom. The molecule has 8 heteroatoms. The molecule has 0 fully saturated rings. The first-order valence-electron chi connectivity index (χ1n) is 3.86. The molecule has 0 atom stereocenters. The molecule has 0 spiro atoms. The second kappa shape index (κ2) is 3.86. The number of hydrogen-bond acceptors (Lipinski definition) is 5. The van der Waals surface area contributed by atoms with Gasteiger partial charge in [-0.15, -0.1) is 0 Å². The highest BCUT2D eigenvalue weighted by Crippen LogP contribution is 2.11. The largest absolute Gasteiger partial charge is 0.476 e. The third-order valence-electron chi connectivity index (χ3n) is 1.55. The van der Waals surface area contributed by atoms with Gasteiger partial charge < -0.3 is 15.2 Å². The highest BCUT2D eigenvalue weighted by Gasteiger charge is 2.23. The average molecular weight is 213 g/mol. The van der Waals surface area contributed by atoms with Crippen LogP contribution < -0.4 is 0 Å². The second-order valence-electron chi connectivity index (χ2n) is 2.81. The molecule has 1 aromatic heterocycles. The Labute approximate surface area is 83.3 Å². The van der Waals surface area contributed by atoms with Crippen LogP contribution in [0.2, 0.25) is 0 Å². The molecule has 0 amide bonds. The maximum atomic E-state index is 10.7. The van der Waals surface area contributed by atoms with Crippen molar-refractivity contribution in [3.63, 3.8) is 0 Å². The lowest BCUT2D eigenvalue weighted by Gasteiger charge is -1.94. The zero-order valence-electron chi connectivity index (χ0n) is 7.71. The van der Waals surface area contributed by atoms with Gasteiger partial charge in [0.25, 0.3) is 0 Å². The van der Waals surface area contributed by atoms with Crippen LogP contribution in [-0.4, -0.2) is 31.6 Å². The number of rotatable bonds is 4. The van der Waals surface area contributed by atoms with Gasteiger partial charge in [-0.1, -0.05) is 0 Å². The zero-order chi connectivity index (χ0) is 11.6. The number of nitro groups is 1. The topological polar surface area (TPSA) is 115 Å². The van der Waals surface area contributed by atoms with Crippen LogP contribution >= 0.6 is 0 Å². The van der Waals surface area contributed by atoms with E-state index in [9.17, 15) is 19.7 Å². The quantitative estimate of drug-likeness (QED) is 0.559. The monoisotopic (exact) mass is 213 g/mol. The van der Waals surface area contributed by atoms with Crippen molar-refractivity contribution < 1.29 is 19.6 Å². The molecule has 0 bridgehead atoms.